The topological polar surface area (TPSA) is 50.8 Å². The lowest BCUT2D eigenvalue weighted by molar-refractivity contribution is -0.169. The zero-order valence-electron chi connectivity index (χ0n) is 12.8. The molecule has 2 atom stereocenters. The van der Waals surface area contributed by atoms with Gasteiger partial charge in [0.05, 0.1) is 12.7 Å². The number of nitrogens with zero attached hydrogens (tertiary/aromatic N) is 1. The molecule has 1 N–H and O–H groups in total. The summed E-state index contributed by atoms with van der Waals surface area (Å²) in [6.45, 7) is 8.95. The fourth-order valence-corrected chi connectivity index (χ4v) is 3.34. The van der Waals surface area contributed by atoms with Gasteiger partial charge in [-0.1, -0.05) is 6.92 Å². The maximum atomic E-state index is 12.7. The maximum absolute atomic E-state index is 12.7. The molecule has 2 aliphatic rings. The van der Waals surface area contributed by atoms with E-state index in [9.17, 15) is 4.79 Å². The molecule has 2 aliphatic heterocycles. The Labute approximate surface area is 122 Å². The average molecular weight is 284 g/mol. The first-order valence-corrected chi connectivity index (χ1v) is 7.97. The van der Waals surface area contributed by atoms with Crippen LogP contribution in [0.25, 0.3) is 0 Å². The molecule has 0 spiro atoms. The van der Waals surface area contributed by atoms with Crippen LogP contribution in [0.4, 0.5) is 0 Å². The summed E-state index contributed by atoms with van der Waals surface area (Å²) in [5.41, 5.74) is -0.471. The van der Waals surface area contributed by atoms with Crippen molar-refractivity contribution in [3.63, 3.8) is 0 Å². The van der Waals surface area contributed by atoms with E-state index in [4.69, 9.17) is 9.47 Å². The number of hydrogen-bond donors (Lipinski definition) is 1. The molecule has 116 valence electrons. The molecule has 5 heteroatoms. The van der Waals surface area contributed by atoms with Crippen molar-refractivity contribution in [1.82, 2.24) is 10.2 Å². The van der Waals surface area contributed by atoms with Crippen molar-refractivity contribution in [2.45, 2.75) is 51.2 Å². The van der Waals surface area contributed by atoms with Gasteiger partial charge in [0.15, 0.2) is 0 Å². The Morgan fingerprint density at radius 2 is 2.25 bits per heavy atom. The third-order valence-electron chi connectivity index (χ3n) is 4.49. The van der Waals surface area contributed by atoms with Crippen molar-refractivity contribution < 1.29 is 14.3 Å². The fraction of sp³-hybridized carbons (Fsp3) is 0.933. The molecule has 0 amide bonds. The van der Waals surface area contributed by atoms with E-state index >= 15 is 0 Å². The predicted octanol–water partition coefficient (Wildman–Crippen LogP) is 1.17. The van der Waals surface area contributed by atoms with Gasteiger partial charge in [-0.25, -0.2) is 0 Å². The Morgan fingerprint density at radius 1 is 1.40 bits per heavy atom. The van der Waals surface area contributed by atoms with Crippen LogP contribution in [0.15, 0.2) is 0 Å². The minimum Gasteiger partial charge on any atom is -0.465 e. The second kappa shape index (κ2) is 7.38. The van der Waals surface area contributed by atoms with Gasteiger partial charge in [-0.2, -0.15) is 0 Å². The Hall–Kier alpha value is -0.650. The summed E-state index contributed by atoms with van der Waals surface area (Å²) in [6, 6.07) is 0. The van der Waals surface area contributed by atoms with E-state index in [0.29, 0.717) is 13.2 Å². The number of esters is 1. The summed E-state index contributed by atoms with van der Waals surface area (Å²) in [5.74, 6) is -0.0522. The number of carbonyl (C=O) groups excluding carboxylic acids is 1. The molecule has 0 aliphatic carbocycles. The molecule has 0 bridgehead atoms. The fourth-order valence-electron chi connectivity index (χ4n) is 3.34. The third kappa shape index (κ3) is 3.32. The minimum atomic E-state index is -0.471. The smallest absolute Gasteiger partial charge is 0.326 e. The number of rotatable bonds is 4. The standard InChI is InChI=1S/C15H28N2O3/c1-3-13-12-15(6-11-20-13,14(18)19-4-2)17-9-5-7-16-8-10-17/h13,16H,3-12H2,1-2H3. The zero-order valence-corrected chi connectivity index (χ0v) is 12.8. The second-order valence-electron chi connectivity index (χ2n) is 5.70. The first kappa shape index (κ1) is 15.7. The summed E-state index contributed by atoms with van der Waals surface area (Å²) in [6.07, 6.45) is 3.72. The van der Waals surface area contributed by atoms with Gasteiger partial charge in [0.25, 0.3) is 0 Å². The SMILES string of the molecule is CCOC(=O)C1(N2CCCNCC2)CCOC(CC)C1. The highest BCUT2D eigenvalue weighted by Crippen LogP contribution is 2.34. The Morgan fingerprint density at radius 3 is 3.00 bits per heavy atom. The van der Waals surface area contributed by atoms with E-state index in [1.54, 1.807) is 0 Å². The molecule has 2 heterocycles. The molecule has 0 aromatic heterocycles. The highest BCUT2D eigenvalue weighted by molar-refractivity contribution is 5.81. The third-order valence-corrected chi connectivity index (χ3v) is 4.49. The van der Waals surface area contributed by atoms with Crippen molar-refractivity contribution in [1.29, 1.82) is 0 Å². The normalized spacial score (nSPS) is 32.6. The molecule has 2 saturated heterocycles. The van der Waals surface area contributed by atoms with E-state index in [0.717, 1.165) is 51.9 Å². The number of carbonyl (C=O) groups is 1. The molecule has 0 radical (unpaired) electrons. The Bertz CT molecular complexity index is 316. The highest BCUT2D eigenvalue weighted by Gasteiger charge is 2.48. The second-order valence-corrected chi connectivity index (χ2v) is 5.70. The van der Waals surface area contributed by atoms with Crippen LogP contribution in [0, 0.1) is 0 Å². The lowest BCUT2D eigenvalue weighted by atomic mass is 9.83. The maximum Gasteiger partial charge on any atom is 0.326 e. The van der Waals surface area contributed by atoms with Gasteiger partial charge >= 0.3 is 5.97 Å². The van der Waals surface area contributed by atoms with Gasteiger partial charge < -0.3 is 14.8 Å². The van der Waals surface area contributed by atoms with Crippen LogP contribution in [0.1, 0.15) is 39.5 Å². The molecule has 2 unspecified atom stereocenters. The van der Waals surface area contributed by atoms with Gasteiger partial charge in [0, 0.05) is 32.7 Å². The molecular weight excluding hydrogens is 256 g/mol. The summed E-state index contributed by atoms with van der Waals surface area (Å²) in [7, 11) is 0. The molecule has 5 nitrogen and oxygen atoms in total. The van der Waals surface area contributed by atoms with Crippen LogP contribution >= 0.6 is 0 Å². The monoisotopic (exact) mass is 284 g/mol. The Kier molecular flexibility index (Phi) is 5.81. The zero-order chi connectivity index (χ0) is 14.4. The number of hydrogen-bond acceptors (Lipinski definition) is 5. The van der Waals surface area contributed by atoms with E-state index in [2.05, 4.69) is 17.1 Å². The van der Waals surface area contributed by atoms with Gasteiger partial charge in [-0.3, -0.25) is 9.69 Å². The van der Waals surface area contributed by atoms with Crippen molar-refractivity contribution in [2.75, 3.05) is 39.4 Å². The van der Waals surface area contributed by atoms with Crippen LogP contribution in [-0.4, -0.2) is 61.9 Å². The number of ether oxygens (including phenoxy) is 2. The summed E-state index contributed by atoms with van der Waals surface area (Å²) >= 11 is 0. The first-order chi connectivity index (χ1) is 9.73. The Balaban J connectivity index is 2.19. The molecule has 2 fully saturated rings. The predicted molar refractivity (Wildman–Crippen MR) is 77.7 cm³/mol. The van der Waals surface area contributed by atoms with Crippen molar-refractivity contribution in [3.05, 3.63) is 0 Å². The van der Waals surface area contributed by atoms with Crippen molar-refractivity contribution in [2.24, 2.45) is 0 Å². The molecule has 0 aromatic rings. The average Bonchev–Trinajstić information content (AvgIpc) is 2.77. The van der Waals surface area contributed by atoms with Crippen LogP contribution in [-0.2, 0) is 14.3 Å². The quantitative estimate of drug-likeness (QED) is 0.786. The highest BCUT2D eigenvalue weighted by atomic mass is 16.5. The lowest BCUT2D eigenvalue weighted by Crippen LogP contribution is -2.60. The van der Waals surface area contributed by atoms with Crippen LogP contribution in [0.3, 0.4) is 0 Å². The van der Waals surface area contributed by atoms with Crippen LogP contribution in [0.5, 0.6) is 0 Å². The summed E-state index contributed by atoms with van der Waals surface area (Å²) in [4.78, 5) is 15.0. The van der Waals surface area contributed by atoms with E-state index in [1.165, 1.54) is 0 Å². The van der Waals surface area contributed by atoms with Crippen LogP contribution < -0.4 is 5.32 Å². The number of nitrogens with one attached hydrogen (secondary N) is 1. The van der Waals surface area contributed by atoms with E-state index < -0.39 is 5.54 Å². The van der Waals surface area contributed by atoms with Gasteiger partial charge in [-0.15, -0.1) is 0 Å². The van der Waals surface area contributed by atoms with Gasteiger partial charge in [0.1, 0.15) is 5.54 Å². The van der Waals surface area contributed by atoms with Gasteiger partial charge in [-0.05, 0) is 32.7 Å². The molecule has 2 rings (SSSR count). The minimum absolute atomic E-state index is 0.0522. The summed E-state index contributed by atoms with van der Waals surface area (Å²) < 4.78 is 11.2. The van der Waals surface area contributed by atoms with Gasteiger partial charge in [0.2, 0.25) is 0 Å². The molecule has 0 saturated carbocycles. The van der Waals surface area contributed by atoms with E-state index in [1.807, 2.05) is 6.92 Å². The lowest BCUT2D eigenvalue weighted by Gasteiger charge is -2.46. The summed E-state index contributed by atoms with van der Waals surface area (Å²) in [5, 5.41) is 3.40. The van der Waals surface area contributed by atoms with Crippen LogP contribution in [0.2, 0.25) is 0 Å². The van der Waals surface area contributed by atoms with Crippen molar-refractivity contribution >= 4 is 5.97 Å². The largest absolute Gasteiger partial charge is 0.465 e. The molecule has 0 aromatic carbocycles. The molecular formula is C15H28N2O3. The van der Waals surface area contributed by atoms with E-state index in [-0.39, 0.29) is 12.1 Å². The molecule has 20 heavy (non-hydrogen) atoms. The first-order valence-electron chi connectivity index (χ1n) is 7.97. The van der Waals surface area contributed by atoms with Crippen molar-refractivity contribution in [3.8, 4) is 0 Å².